The topological polar surface area (TPSA) is 65.8 Å². The first-order valence-corrected chi connectivity index (χ1v) is 6.46. The summed E-state index contributed by atoms with van der Waals surface area (Å²) in [5, 5.41) is 13.9. The number of thiazole rings is 1. The zero-order valence-corrected chi connectivity index (χ0v) is 11.1. The third-order valence-electron chi connectivity index (χ3n) is 2.41. The summed E-state index contributed by atoms with van der Waals surface area (Å²) in [5.74, 6) is -0.446. The van der Waals surface area contributed by atoms with Crippen molar-refractivity contribution in [2.45, 2.75) is 6.92 Å². The molecule has 1 N–H and O–H groups in total. The number of amides is 1. The normalized spacial score (nSPS) is 10.8. The Morgan fingerprint density at radius 1 is 1.42 bits per heavy atom. The number of anilines is 1. The Bertz CT molecular complexity index is 636. The first-order chi connectivity index (χ1) is 9.19. The van der Waals surface area contributed by atoms with Crippen molar-refractivity contribution in [1.29, 1.82) is 5.26 Å². The Hall–Kier alpha value is -2.45. The molecular formula is C14H11N3OS. The van der Waals surface area contributed by atoms with Crippen LogP contribution in [0.3, 0.4) is 0 Å². The fraction of sp³-hybridized carbons (Fsp3) is 0.0714. The lowest BCUT2D eigenvalue weighted by Gasteiger charge is -2.00. The van der Waals surface area contributed by atoms with Gasteiger partial charge in [0.15, 0.2) is 5.13 Å². The van der Waals surface area contributed by atoms with Gasteiger partial charge in [-0.2, -0.15) is 5.26 Å². The Morgan fingerprint density at radius 3 is 2.74 bits per heavy atom. The van der Waals surface area contributed by atoms with Gasteiger partial charge in [-0.15, -0.1) is 11.3 Å². The van der Waals surface area contributed by atoms with Gasteiger partial charge in [-0.25, -0.2) is 4.98 Å². The average molecular weight is 269 g/mol. The van der Waals surface area contributed by atoms with E-state index in [4.69, 9.17) is 5.26 Å². The molecule has 0 fully saturated rings. The summed E-state index contributed by atoms with van der Waals surface area (Å²) in [4.78, 5) is 15.8. The molecule has 4 nitrogen and oxygen atoms in total. The van der Waals surface area contributed by atoms with E-state index in [2.05, 4.69) is 10.3 Å². The highest BCUT2D eigenvalue weighted by Gasteiger charge is 2.10. The Morgan fingerprint density at radius 2 is 2.16 bits per heavy atom. The maximum absolute atomic E-state index is 11.9. The Balaban J connectivity index is 2.17. The molecule has 19 heavy (non-hydrogen) atoms. The van der Waals surface area contributed by atoms with Crippen molar-refractivity contribution in [3.63, 3.8) is 0 Å². The largest absolute Gasteiger partial charge is 0.297 e. The molecule has 0 bridgehead atoms. The van der Waals surface area contributed by atoms with Crippen LogP contribution in [0, 0.1) is 18.3 Å². The highest BCUT2D eigenvalue weighted by Crippen LogP contribution is 2.13. The molecule has 0 unspecified atom stereocenters. The minimum atomic E-state index is -0.446. The molecule has 1 amide bonds. The smallest absolute Gasteiger partial charge is 0.268 e. The molecule has 0 saturated heterocycles. The summed E-state index contributed by atoms with van der Waals surface area (Å²) in [6, 6.07) is 9.49. The highest BCUT2D eigenvalue weighted by atomic mass is 32.1. The molecule has 0 aliphatic heterocycles. The van der Waals surface area contributed by atoms with E-state index in [-0.39, 0.29) is 5.57 Å². The minimum Gasteiger partial charge on any atom is -0.297 e. The second-order valence-corrected chi connectivity index (χ2v) is 4.77. The molecule has 1 aromatic heterocycles. The van der Waals surface area contributed by atoms with Gasteiger partial charge in [-0.05, 0) is 18.6 Å². The molecule has 0 spiro atoms. The van der Waals surface area contributed by atoms with Crippen LogP contribution < -0.4 is 5.32 Å². The lowest BCUT2D eigenvalue weighted by molar-refractivity contribution is -0.112. The van der Waals surface area contributed by atoms with E-state index in [1.165, 1.54) is 11.3 Å². The number of aryl methyl sites for hydroxylation is 1. The number of hydrogen-bond acceptors (Lipinski definition) is 4. The van der Waals surface area contributed by atoms with Gasteiger partial charge in [0.25, 0.3) is 5.91 Å². The number of aromatic nitrogens is 1. The van der Waals surface area contributed by atoms with Crippen molar-refractivity contribution in [1.82, 2.24) is 4.98 Å². The second-order valence-electron chi connectivity index (χ2n) is 3.87. The summed E-state index contributed by atoms with van der Waals surface area (Å²) < 4.78 is 0. The standard InChI is InChI=1S/C14H11N3OS/c1-10-2-4-11(5-3-10)8-12(9-15)13(18)17-14-16-6-7-19-14/h2-8H,1H3,(H,16,17,18)/b12-8+. The molecule has 1 aromatic carbocycles. The summed E-state index contributed by atoms with van der Waals surface area (Å²) in [6.45, 7) is 1.98. The SMILES string of the molecule is Cc1ccc(/C=C(\C#N)C(=O)Nc2nccs2)cc1. The first kappa shape index (κ1) is 13.0. The lowest BCUT2D eigenvalue weighted by Crippen LogP contribution is -2.13. The Labute approximate surface area is 115 Å². The third-order valence-corrected chi connectivity index (χ3v) is 3.09. The second kappa shape index (κ2) is 5.94. The molecule has 2 rings (SSSR count). The zero-order chi connectivity index (χ0) is 13.7. The molecule has 94 valence electrons. The monoisotopic (exact) mass is 269 g/mol. The predicted molar refractivity (Wildman–Crippen MR) is 75.5 cm³/mol. The van der Waals surface area contributed by atoms with Crippen LogP contribution in [-0.2, 0) is 4.79 Å². The fourth-order valence-electron chi connectivity index (χ4n) is 1.43. The maximum Gasteiger partial charge on any atom is 0.268 e. The van der Waals surface area contributed by atoms with Crippen LogP contribution in [0.4, 0.5) is 5.13 Å². The number of hydrogen-bond donors (Lipinski definition) is 1. The molecule has 0 saturated carbocycles. The van der Waals surface area contributed by atoms with Crippen LogP contribution in [0.2, 0.25) is 0 Å². The van der Waals surface area contributed by atoms with Crippen LogP contribution in [0.1, 0.15) is 11.1 Å². The van der Waals surface area contributed by atoms with Gasteiger partial charge >= 0.3 is 0 Å². The number of carbonyl (C=O) groups is 1. The van der Waals surface area contributed by atoms with Gasteiger partial charge in [0.05, 0.1) is 0 Å². The summed E-state index contributed by atoms with van der Waals surface area (Å²) in [5.41, 5.74) is 2.00. The van der Waals surface area contributed by atoms with E-state index in [9.17, 15) is 4.79 Å². The number of benzene rings is 1. The maximum atomic E-state index is 11.9. The van der Waals surface area contributed by atoms with Crippen molar-refractivity contribution in [2.24, 2.45) is 0 Å². The number of nitriles is 1. The van der Waals surface area contributed by atoms with Crippen molar-refractivity contribution in [3.05, 3.63) is 52.5 Å². The number of rotatable bonds is 3. The van der Waals surface area contributed by atoms with Gasteiger partial charge in [-0.3, -0.25) is 10.1 Å². The van der Waals surface area contributed by atoms with Crippen molar-refractivity contribution in [3.8, 4) is 6.07 Å². The van der Waals surface area contributed by atoms with E-state index in [1.54, 1.807) is 17.7 Å². The van der Waals surface area contributed by atoms with Gasteiger partial charge in [0.1, 0.15) is 11.6 Å². The highest BCUT2D eigenvalue weighted by molar-refractivity contribution is 7.13. The average Bonchev–Trinajstić information content (AvgIpc) is 2.90. The zero-order valence-electron chi connectivity index (χ0n) is 10.3. The molecule has 0 aliphatic carbocycles. The molecule has 1 heterocycles. The number of nitrogens with one attached hydrogen (secondary N) is 1. The van der Waals surface area contributed by atoms with Crippen LogP contribution in [0.25, 0.3) is 6.08 Å². The summed E-state index contributed by atoms with van der Waals surface area (Å²) >= 11 is 1.31. The van der Waals surface area contributed by atoms with Gasteiger partial charge < -0.3 is 0 Å². The van der Waals surface area contributed by atoms with Crippen molar-refractivity contribution < 1.29 is 4.79 Å². The van der Waals surface area contributed by atoms with Crippen molar-refractivity contribution in [2.75, 3.05) is 5.32 Å². The van der Waals surface area contributed by atoms with Crippen molar-refractivity contribution >= 4 is 28.5 Å². The van der Waals surface area contributed by atoms with E-state index >= 15 is 0 Å². The van der Waals surface area contributed by atoms with E-state index < -0.39 is 5.91 Å². The lowest BCUT2D eigenvalue weighted by atomic mass is 10.1. The molecule has 5 heteroatoms. The predicted octanol–water partition coefficient (Wildman–Crippen LogP) is 3.00. The number of nitrogens with zero attached hydrogens (tertiary/aromatic N) is 2. The third kappa shape index (κ3) is 3.50. The first-order valence-electron chi connectivity index (χ1n) is 5.58. The van der Waals surface area contributed by atoms with Gasteiger partial charge in [0.2, 0.25) is 0 Å². The number of carbonyl (C=O) groups excluding carboxylic acids is 1. The minimum absolute atomic E-state index is 0.0547. The van der Waals surface area contributed by atoms with Crippen LogP contribution >= 0.6 is 11.3 Å². The van der Waals surface area contributed by atoms with E-state index in [0.29, 0.717) is 5.13 Å². The van der Waals surface area contributed by atoms with E-state index in [1.807, 2.05) is 37.3 Å². The Kier molecular flexibility index (Phi) is 4.06. The van der Waals surface area contributed by atoms with Crippen LogP contribution in [0.5, 0.6) is 0 Å². The molecule has 2 aromatic rings. The fourth-order valence-corrected chi connectivity index (χ4v) is 1.95. The summed E-state index contributed by atoms with van der Waals surface area (Å²) in [7, 11) is 0. The van der Waals surface area contributed by atoms with Gasteiger partial charge in [-0.1, -0.05) is 29.8 Å². The molecule has 0 aliphatic rings. The molecule has 0 radical (unpaired) electrons. The molecular weight excluding hydrogens is 258 g/mol. The quantitative estimate of drug-likeness (QED) is 0.688. The van der Waals surface area contributed by atoms with Gasteiger partial charge in [0, 0.05) is 11.6 Å². The molecule has 0 atom stereocenters. The van der Waals surface area contributed by atoms with Crippen LogP contribution in [-0.4, -0.2) is 10.9 Å². The van der Waals surface area contributed by atoms with E-state index in [0.717, 1.165) is 11.1 Å². The van der Waals surface area contributed by atoms with Crippen LogP contribution in [0.15, 0.2) is 41.4 Å². The summed E-state index contributed by atoms with van der Waals surface area (Å²) in [6.07, 6.45) is 3.15.